The van der Waals surface area contributed by atoms with Gasteiger partial charge in [0, 0.05) is 0 Å². The van der Waals surface area contributed by atoms with E-state index >= 15 is 0 Å². The Morgan fingerprint density at radius 2 is 1.53 bits per heavy atom. The van der Waals surface area contributed by atoms with E-state index in [1.807, 2.05) is 26.8 Å². The van der Waals surface area contributed by atoms with Crippen molar-refractivity contribution in [1.29, 1.82) is 0 Å². The predicted molar refractivity (Wildman–Crippen MR) is 69.4 cm³/mol. The zero-order chi connectivity index (χ0) is 12.6. The van der Waals surface area contributed by atoms with Crippen molar-refractivity contribution in [2.45, 2.75) is 20.8 Å². The Labute approximate surface area is 101 Å². The van der Waals surface area contributed by atoms with E-state index in [0.717, 1.165) is 27.8 Å². The van der Waals surface area contributed by atoms with Crippen molar-refractivity contribution < 1.29 is 10.2 Å². The SMILES string of the molecule is Cc1c(O)cc(-c2cccc(O)c2)c(C)c1C. The molecule has 2 rings (SSSR count). The molecule has 2 heteroatoms. The third kappa shape index (κ3) is 1.98. The highest BCUT2D eigenvalue weighted by Crippen LogP contribution is 2.34. The fourth-order valence-corrected chi connectivity index (χ4v) is 2.00. The second kappa shape index (κ2) is 4.13. The normalized spacial score (nSPS) is 10.5. The molecular formula is C15H16O2. The molecule has 0 bridgehead atoms. The molecule has 17 heavy (non-hydrogen) atoms. The number of aromatic hydroxyl groups is 2. The van der Waals surface area contributed by atoms with Crippen molar-refractivity contribution >= 4 is 0 Å². The van der Waals surface area contributed by atoms with Crippen LogP contribution in [0.1, 0.15) is 16.7 Å². The van der Waals surface area contributed by atoms with E-state index in [1.54, 1.807) is 24.3 Å². The van der Waals surface area contributed by atoms with Crippen molar-refractivity contribution in [3.05, 3.63) is 47.0 Å². The molecule has 0 aliphatic rings. The Bertz CT molecular complexity index is 571. The standard InChI is InChI=1S/C15H16O2/c1-9-10(2)14(8-15(17)11(9)3)12-5-4-6-13(16)7-12/h4-8,16-17H,1-3H3. The summed E-state index contributed by atoms with van der Waals surface area (Å²) in [5, 5.41) is 19.4. The van der Waals surface area contributed by atoms with Crippen LogP contribution in [0.2, 0.25) is 0 Å². The lowest BCUT2D eigenvalue weighted by molar-refractivity contribution is 0.470. The molecule has 0 aliphatic carbocycles. The fourth-order valence-electron chi connectivity index (χ4n) is 2.00. The molecule has 2 nitrogen and oxygen atoms in total. The summed E-state index contributed by atoms with van der Waals surface area (Å²) in [5.41, 5.74) is 5.00. The van der Waals surface area contributed by atoms with Gasteiger partial charge in [-0.1, -0.05) is 12.1 Å². The van der Waals surface area contributed by atoms with Gasteiger partial charge >= 0.3 is 0 Å². The molecule has 88 valence electrons. The maximum atomic E-state index is 9.87. The van der Waals surface area contributed by atoms with Gasteiger partial charge in [0.15, 0.2) is 0 Å². The maximum Gasteiger partial charge on any atom is 0.119 e. The number of rotatable bonds is 1. The van der Waals surface area contributed by atoms with Crippen LogP contribution >= 0.6 is 0 Å². The Morgan fingerprint density at radius 1 is 0.824 bits per heavy atom. The number of hydrogen-bond acceptors (Lipinski definition) is 2. The minimum absolute atomic E-state index is 0.236. The lowest BCUT2D eigenvalue weighted by atomic mass is 9.93. The van der Waals surface area contributed by atoms with Crippen LogP contribution < -0.4 is 0 Å². The Morgan fingerprint density at radius 3 is 2.18 bits per heavy atom. The van der Waals surface area contributed by atoms with E-state index in [1.165, 1.54) is 0 Å². The van der Waals surface area contributed by atoms with Gasteiger partial charge in [-0.15, -0.1) is 0 Å². The largest absolute Gasteiger partial charge is 0.508 e. The van der Waals surface area contributed by atoms with Crippen LogP contribution in [0.5, 0.6) is 11.5 Å². The molecule has 0 spiro atoms. The first kappa shape index (κ1) is 11.5. The Hall–Kier alpha value is -1.96. The summed E-state index contributed by atoms with van der Waals surface area (Å²) in [5.74, 6) is 0.533. The number of hydrogen-bond donors (Lipinski definition) is 2. The van der Waals surface area contributed by atoms with Crippen molar-refractivity contribution in [1.82, 2.24) is 0 Å². The van der Waals surface area contributed by atoms with Crippen LogP contribution in [0.25, 0.3) is 11.1 Å². The van der Waals surface area contributed by atoms with Gasteiger partial charge in [0.1, 0.15) is 11.5 Å². The summed E-state index contributed by atoms with van der Waals surface area (Å²) in [4.78, 5) is 0. The molecule has 0 radical (unpaired) electrons. The average Bonchev–Trinajstić information content (AvgIpc) is 2.31. The van der Waals surface area contributed by atoms with Crippen LogP contribution in [-0.2, 0) is 0 Å². The molecule has 0 aromatic heterocycles. The average molecular weight is 228 g/mol. The van der Waals surface area contributed by atoms with E-state index in [0.29, 0.717) is 5.75 Å². The maximum absolute atomic E-state index is 9.87. The minimum Gasteiger partial charge on any atom is -0.508 e. The first-order valence-corrected chi connectivity index (χ1v) is 5.60. The van der Waals surface area contributed by atoms with Gasteiger partial charge in [-0.3, -0.25) is 0 Å². The summed E-state index contributed by atoms with van der Waals surface area (Å²) in [7, 11) is 0. The molecule has 0 amide bonds. The minimum atomic E-state index is 0.236. The van der Waals surface area contributed by atoms with Crippen LogP contribution in [0.3, 0.4) is 0 Å². The first-order valence-electron chi connectivity index (χ1n) is 5.60. The summed E-state index contributed by atoms with van der Waals surface area (Å²) in [6.07, 6.45) is 0. The first-order chi connectivity index (χ1) is 8.00. The summed E-state index contributed by atoms with van der Waals surface area (Å²) in [6, 6.07) is 8.83. The predicted octanol–water partition coefficient (Wildman–Crippen LogP) is 3.69. The summed E-state index contributed by atoms with van der Waals surface area (Å²) < 4.78 is 0. The van der Waals surface area contributed by atoms with Crippen molar-refractivity contribution in [3.8, 4) is 22.6 Å². The number of benzene rings is 2. The van der Waals surface area contributed by atoms with E-state index in [4.69, 9.17) is 0 Å². The van der Waals surface area contributed by atoms with Crippen molar-refractivity contribution in [3.63, 3.8) is 0 Å². The highest BCUT2D eigenvalue weighted by molar-refractivity contribution is 5.72. The topological polar surface area (TPSA) is 40.5 Å². The van der Waals surface area contributed by atoms with Crippen LogP contribution in [0.15, 0.2) is 30.3 Å². The number of phenolic OH excluding ortho intramolecular Hbond substituents is 2. The van der Waals surface area contributed by atoms with Gasteiger partial charge in [-0.25, -0.2) is 0 Å². The van der Waals surface area contributed by atoms with E-state index in [9.17, 15) is 10.2 Å². The van der Waals surface area contributed by atoms with Gasteiger partial charge in [-0.05, 0) is 66.8 Å². The lowest BCUT2D eigenvalue weighted by Gasteiger charge is -2.13. The zero-order valence-electron chi connectivity index (χ0n) is 10.3. The molecule has 0 heterocycles. The quantitative estimate of drug-likeness (QED) is 0.781. The molecule has 2 aromatic rings. The second-order valence-corrected chi connectivity index (χ2v) is 4.37. The van der Waals surface area contributed by atoms with Gasteiger partial charge < -0.3 is 10.2 Å². The highest BCUT2D eigenvalue weighted by atomic mass is 16.3. The lowest BCUT2D eigenvalue weighted by Crippen LogP contribution is -1.91. The molecule has 0 saturated carbocycles. The van der Waals surface area contributed by atoms with Gasteiger partial charge in [-0.2, -0.15) is 0 Å². The summed E-state index contributed by atoms with van der Waals surface area (Å²) in [6.45, 7) is 5.93. The van der Waals surface area contributed by atoms with Crippen LogP contribution in [0, 0.1) is 20.8 Å². The van der Waals surface area contributed by atoms with Gasteiger partial charge in [0.25, 0.3) is 0 Å². The molecule has 0 saturated heterocycles. The molecular weight excluding hydrogens is 212 g/mol. The smallest absolute Gasteiger partial charge is 0.119 e. The molecule has 2 aromatic carbocycles. The van der Waals surface area contributed by atoms with Crippen LogP contribution in [-0.4, -0.2) is 10.2 Å². The molecule has 0 unspecified atom stereocenters. The third-order valence-corrected chi connectivity index (χ3v) is 3.35. The van der Waals surface area contributed by atoms with Gasteiger partial charge in [0.2, 0.25) is 0 Å². The molecule has 0 atom stereocenters. The summed E-state index contributed by atoms with van der Waals surface area (Å²) >= 11 is 0. The van der Waals surface area contributed by atoms with Crippen molar-refractivity contribution in [2.75, 3.05) is 0 Å². The van der Waals surface area contributed by atoms with Gasteiger partial charge in [0.05, 0.1) is 0 Å². The monoisotopic (exact) mass is 228 g/mol. The van der Waals surface area contributed by atoms with E-state index in [-0.39, 0.29) is 5.75 Å². The third-order valence-electron chi connectivity index (χ3n) is 3.35. The molecule has 0 aliphatic heterocycles. The molecule has 2 N–H and O–H groups in total. The van der Waals surface area contributed by atoms with Crippen molar-refractivity contribution in [2.24, 2.45) is 0 Å². The Kier molecular flexibility index (Phi) is 2.80. The second-order valence-electron chi connectivity index (χ2n) is 4.37. The van der Waals surface area contributed by atoms with E-state index < -0.39 is 0 Å². The fraction of sp³-hybridized carbons (Fsp3) is 0.200. The Balaban J connectivity index is 2.68. The number of phenols is 2. The zero-order valence-corrected chi connectivity index (χ0v) is 10.3. The van der Waals surface area contributed by atoms with E-state index in [2.05, 4.69) is 0 Å². The van der Waals surface area contributed by atoms with Crippen LogP contribution in [0.4, 0.5) is 0 Å². The highest BCUT2D eigenvalue weighted by Gasteiger charge is 2.10. The molecule has 0 fully saturated rings.